The topological polar surface area (TPSA) is 24.4 Å². The molecule has 1 aliphatic heterocycles. The molecule has 0 bridgehead atoms. The van der Waals surface area contributed by atoms with Gasteiger partial charge in [-0.15, -0.1) is 0 Å². The Morgan fingerprint density at radius 2 is 2.14 bits per heavy atom. The summed E-state index contributed by atoms with van der Waals surface area (Å²) in [6.45, 7) is 11.0. The maximum absolute atomic E-state index is 4.72. The van der Waals surface area contributed by atoms with Crippen LogP contribution in [0.4, 0.5) is 0 Å². The molecule has 1 rings (SSSR count). The van der Waals surface area contributed by atoms with Gasteiger partial charge in [-0.3, -0.25) is 4.99 Å². The van der Waals surface area contributed by atoms with Crippen LogP contribution in [0.3, 0.4) is 0 Å². The van der Waals surface area contributed by atoms with Gasteiger partial charge in [0.15, 0.2) is 5.17 Å². The minimum atomic E-state index is 0.122. The highest BCUT2D eigenvalue weighted by Gasteiger charge is 2.25. The van der Waals surface area contributed by atoms with Gasteiger partial charge >= 0.3 is 0 Å². The zero-order valence-electron chi connectivity index (χ0n) is 9.98. The summed E-state index contributed by atoms with van der Waals surface area (Å²) in [5.74, 6) is 1.18. The van der Waals surface area contributed by atoms with Crippen LogP contribution in [0.25, 0.3) is 0 Å². The summed E-state index contributed by atoms with van der Waals surface area (Å²) in [5.41, 5.74) is 0.288. The first-order valence-corrected chi connectivity index (χ1v) is 6.34. The number of amidine groups is 1. The molecule has 0 saturated carbocycles. The van der Waals surface area contributed by atoms with Crippen molar-refractivity contribution in [2.75, 3.05) is 5.75 Å². The molecule has 1 N–H and O–H groups in total. The predicted octanol–water partition coefficient (Wildman–Crippen LogP) is 3.04. The molecule has 0 saturated heterocycles. The summed E-state index contributed by atoms with van der Waals surface area (Å²) in [7, 11) is 0. The van der Waals surface area contributed by atoms with E-state index in [2.05, 4.69) is 39.9 Å². The van der Waals surface area contributed by atoms with E-state index >= 15 is 0 Å². The highest BCUT2D eigenvalue weighted by atomic mass is 32.2. The molecule has 0 aromatic heterocycles. The van der Waals surface area contributed by atoms with Gasteiger partial charge in [0.05, 0.1) is 5.54 Å². The lowest BCUT2D eigenvalue weighted by atomic mass is 10.0. The lowest BCUT2D eigenvalue weighted by Gasteiger charge is -2.32. The second-order valence-electron chi connectivity index (χ2n) is 5.19. The molecule has 1 aliphatic rings. The fourth-order valence-corrected chi connectivity index (χ4v) is 2.66. The highest BCUT2D eigenvalue weighted by molar-refractivity contribution is 8.13. The molecule has 0 aromatic rings. The van der Waals surface area contributed by atoms with Crippen LogP contribution in [-0.4, -0.2) is 22.0 Å². The Morgan fingerprint density at radius 3 is 2.64 bits per heavy atom. The number of nitrogens with zero attached hydrogens (tertiary/aromatic N) is 1. The van der Waals surface area contributed by atoms with Gasteiger partial charge in [0.1, 0.15) is 0 Å². The molecule has 82 valence electrons. The third-order valence-electron chi connectivity index (χ3n) is 2.69. The Hall–Kier alpha value is -0.180. The Balaban J connectivity index is 2.65. The molecule has 0 fully saturated rings. The number of hydrogen-bond acceptors (Lipinski definition) is 3. The van der Waals surface area contributed by atoms with E-state index in [9.17, 15) is 0 Å². The summed E-state index contributed by atoms with van der Waals surface area (Å²) in [6, 6.07) is 0. The van der Waals surface area contributed by atoms with Crippen molar-refractivity contribution in [1.82, 2.24) is 5.32 Å². The number of hydrogen-bond donors (Lipinski definition) is 1. The number of aliphatic imine (C=N–C) groups is 1. The molecule has 0 aliphatic carbocycles. The molecule has 0 unspecified atom stereocenters. The van der Waals surface area contributed by atoms with Crippen molar-refractivity contribution in [2.45, 2.75) is 58.5 Å². The van der Waals surface area contributed by atoms with Gasteiger partial charge in [-0.2, -0.15) is 0 Å². The lowest BCUT2D eigenvalue weighted by molar-refractivity contribution is 0.439. The molecule has 0 amide bonds. The van der Waals surface area contributed by atoms with E-state index < -0.39 is 0 Å². The van der Waals surface area contributed by atoms with E-state index in [1.54, 1.807) is 0 Å². The van der Waals surface area contributed by atoms with E-state index in [-0.39, 0.29) is 11.1 Å². The first kappa shape index (κ1) is 11.9. The average molecular weight is 214 g/mol. The fourth-order valence-electron chi connectivity index (χ4n) is 1.20. The number of rotatable bonds is 2. The standard InChI is InChI=1S/C11H22N2S/c1-6-10(2,3)12-9-13-11(4,5)7-8-14-9/h6-8H2,1-5H3,(H,12,13). The van der Waals surface area contributed by atoms with Crippen molar-refractivity contribution in [2.24, 2.45) is 4.99 Å². The van der Waals surface area contributed by atoms with Gasteiger partial charge in [-0.25, -0.2) is 0 Å². The van der Waals surface area contributed by atoms with Crippen LogP contribution < -0.4 is 5.32 Å². The normalized spacial score (nSPS) is 21.6. The van der Waals surface area contributed by atoms with Crippen molar-refractivity contribution >= 4 is 16.9 Å². The smallest absolute Gasteiger partial charge is 0.157 e. The Bertz CT molecular complexity index is 231. The monoisotopic (exact) mass is 214 g/mol. The quantitative estimate of drug-likeness (QED) is 0.764. The lowest BCUT2D eigenvalue weighted by Crippen LogP contribution is -2.44. The van der Waals surface area contributed by atoms with Gasteiger partial charge in [-0.05, 0) is 40.5 Å². The van der Waals surface area contributed by atoms with Crippen LogP contribution in [0.15, 0.2) is 4.99 Å². The number of thioether (sulfide) groups is 1. The summed E-state index contributed by atoms with van der Waals surface area (Å²) in [4.78, 5) is 4.72. The number of nitrogens with one attached hydrogen (secondary N) is 1. The summed E-state index contributed by atoms with van der Waals surface area (Å²) in [6.07, 6.45) is 2.29. The first-order chi connectivity index (χ1) is 6.35. The van der Waals surface area contributed by atoms with Gasteiger partial charge in [0, 0.05) is 11.3 Å². The molecule has 0 spiro atoms. The third-order valence-corrected chi connectivity index (χ3v) is 3.56. The summed E-state index contributed by atoms with van der Waals surface area (Å²) in [5, 5.41) is 4.63. The molecule has 14 heavy (non-hydrogen) atoms. The molecule has 0 atom stereocenters. The first-order valence-electron chi connectivity index (χ1n) is 5.35. The van der Waals surface area contributed by atoms with Crippen molar-refractivity contribution in [1.29, 1.82) is 0 Å². The van der Waals surface area contributed by atoms with Gasteiger partial charge in [0.2, 0.25) is 0 Å². The average Bonchev–Trinajstić information content (AvgIpc) is 2.01. The minimum Gasteiger partial charge on any atom is -0.360 e. The predicted molar refractivity (Wildman–Crippen MR) is 66.1 cm³/mol. The largest absolute Gasteiger partial charge is 0.360 e. The Kier molecular flexibility index (Phi) is 3.51. The summed E-state index contributed by atoms with van der Waals surface area (Å²) < 4.78 is 0. The molecule has 3 heteroatoms. The Morgan fingerprint density at radius 1 is 1.50 bits per heavy atom. The van der Waals surface area contributed by atoms with Crippen LogP contribution >= 0.6 is 11.8 Å². The van der Waals surface area contributed by atoms with E-state index in [1.165, 1.54) is 12.2 Å². The van der Waals surface area contributed by atoms with Crippen LogP contribution in [0.5, 0.6) is 0 Å². The van der Waals surface area contributed by atoms with Crippen LogP contribution in [0, 0.1) is 0 Å². The van der Waals surface area contributed by atoms with E-state index in [0.717, 1.165) is 11.6 Å². The van der Waals surface area contributed by atoms with E-state index in [4.69, 9.17) is 4.99 Å². The molecule has 0 radical (unpaired) electrons. The Labute approximate surface area is 92.0 Å². The maximum atomic E-state index is 4.72. The van der Waals surface area contributed by atoms with Crippen LogP contribution in [0.2, 0.25) is 0 Å². The van der Waals surface area contributed by atoms with Gasteiger partial charge in [0.25, 0.3) is 0 Å². The van der Waals surface area contributed by atoms with Gasteiger partial charge < -0.3 is 5.32 Å². The van der Waals surface area contributed by atoms with Crippen molar-refractivity contribution in [3.05, 3.63) is 0 Å². The fraction of sp³-hybridized carbons (Fsp3) is 0.909. The summed E-state index contributed by atoms with van der Waals surface area (Å²) >= 11 is 1.85. The zero-order chi connectivity index (χ0) is 10.8. The highest BCUT2D eigenvalue weighted by Crippen LogP contribution is 2.26. The van der Waals surface area contributed by atoms with Crippen molar-refractivity contribution < 1.29 is 0 Å². The minimum absolute atomic E-state index is 0.122. The van der Waals surface area contributed by atoms with Crippen LogP contribution in [-0.2, 0) is 0 Å². The van der Waals surface area contributed by atoms with Crippen molar-refractivity contribution in [3.8, 4) is 0 Å². The van der Waals surface area contributed by atoms with E-state index in [1.807, 2.05) is 11.8 Å². The van der Waals surface area contributed by atoms with Crippen molar-refractivity contribution in [3.63, 3.8) is 0 Å². The van der Waals surface area contributed by atoms with Gasteiger partial charge in [-0.1, -0.05) is 18.7 Å². The molecule has 0 aromatic carbocycles. The second-order valence-corrected chi connectivity index (χ2v) is 6.27. The molecular formula is C11H22N2S. The van der Waals surface area contributed by atoms with E-state index in [0.29, 0.717) is 0 Å². The third kappa shape index (κ3) is 3.52. The molecule has 2 nitrogen and oxygen atoms in total. The molecular weight excluding hydrogens is 192 g/mol. The SMILES string of the molecule is CCC(C)(C)NC1=NC(C)(C)CCS1. The maximum Gasteiger partial charge on any atom is 0.157 e. The van der Waals surface area contributed by atoms with Crippen LogP contribution in [0.1, 0.15) is 47.5 Å². The second kappa shape index (κ2) is 4.13. The molecule has 1 heterocycles. The zero-order valence-corrected chi connectivity index (χ0v) is 10.8.